The summed E-state index contributed by atoms with van der Waals surface area (Å²) in [5.74, 6) is -0.847. The van der Waals surface area contributed by atoms with E-state index < -0.39 is 29.7 Å². The normalized spacial score (nSPS) is 14.2. The van der Waals surface area contributed by atoms with Crippen LogP contribution in [0.3, 0.4) is 0 Å². The number of hydrogen-bond acceptors (Lipinski definition) is 6. The molecule has 1 unspecified atom stereocenters. The van der Waals surface area contributed by atoms with Gasteiger partial charge in [-0.05, 0) is 69.2 Å². The third-order valence-corrected chi connectivity index (χ3v) is 8.67. The minimum atomic E-state index is -2.88. The molecule has 1 aliphatic heterocycles. The molecule has 0 saturated heterocycles. The van der Waals surface area contributed by atoms with Crippen molar-refractivity contribution in [3.8, 4) is 5.75 Å². The van der Waals surface area contributed by atoms with Gasteiger partial charge in [0.25, 0.3) is 12.3 Å². The maximum atomic E-state index is 14.3. The molecule has 14 heteroatoms. The summed E-state index contributed by atoms with van der Waals surface area (Å²) in [6.45, 7) is 5.95. The summed E-state index contributed by atoms with van der Waals surface area (Å²) in [4.78, 5) is 27.1. The monoisotopic (exact) mass is 745 g/mol. The van der Waals surface area contributed by atoms with Crippen molar-refractivity contribution in [1.82, 2.24) is 19.8 Å². The van der Waals surface area contributed by atoms with Crippen LogP contribution in [0, 0.1) is 5.82 Å². The molecule has 2 aromatic heterocycles. The summed E-state index contributed by atoms with van der Waals surface area (Å²) >= 11 is 18.2. The van der Waals surface area contributed by atoms with E-state index in [0.717, 1.165) is 26.2 Å². The Morgan fingerprint density at radius 1 is 1.08 bits per heavy atom. The molecule has 6 rings (SSSR count). The smallest absolute Gasteiger partial charge is 0.282 e. The van der Waals surface area contributed by atoms with Crippen molar-refractivity contribution in [2.45, 2.75) is 45.3 Å². The fourth-order valence-electron chi connectivity index (χ4n) is 5.47. The molecule has 0 aliphatic carbocycles. The van der Waals surface area contributed by atoms with Gasteiger partial charge in [0.2, 0.25) is 0 Å². The number of rotatable bonds is 7. The number of halogens is 6. The molecule has 0 spiro atoms. The van der Waals surface area contributed by atoms with E-state index in [4.69, 9.17) is 49.4 Å². The third-order valence-electron chi connectivity index (χ3n) is 7.78. The van der Waals surface area contributed by atoms with Gasteiger partial charge in [-0.3, -0.25) is 24.3 Å². The first kappa shape index (κ1) is 37.1. The number of para-hydroxylation sites is 2. The minimum absolute atomic E-state index is 0.232. The molecule has 262 valence electrons. The first-order valence-electron chi connectivity index (χ1n) is 15.4. The van der Waals surface area contributed by atoms with E-state index in [2.05, 4.69) is 10.1 Å². The van der Waals surface area contributed by atoms with Crippen molar-refractivity contribution in [2.75, 3.05) is 13.7 Å². The van der Waals surface area contributed by atoms with Gasteiger partial charge in [0, 0.05) is 51.0 Å². The van der Waals surface area contributed by atoms with Gasteiger partial charge in [-0.15, -0.1) is 0 Å². The van der Waals surface area contributed by atoms with E-state index in [0.29, 0.717) is 38.5 Å². The van der Waals surface area contributed by atoms with Crippen LogP contribution in [-0.4, -0.2) is 56.7 Å². The molecule has 3 heterocycles. The van der Waals surface area contributed by atoms with Crippen LogP contribution in [0.1, 0.15) is 59.9 Å². The number of carbonyl (C=O) groups is 1. The molecular formula is C36H33Cl3F3N5O3. The van der Waals surface area contributed by atoms with Gasteiger partial charge in [0.1, 0.15) is 11.3 Å². The molecular weight excluding hydrogens is 714 g/mol. The van der Waals surface area contributed by atoms with Crippen molar-refractivity contribution >= 4 is 57.3 Å². The number of fused-ring (bicyclic) bond motifs is 2. The van der Waals surface area contributed by atoms with E-state index in [1.54, 1.807) is 19.2 Å². The van der Waals surface area contributed by atoms with E-state index in [1.807, 2.05) is 50.2 Å². The number of benzene rings is 3. The number of alkyl halides is 2. The summed E-state index contributed by atoms with van der Waals surface area (Å²) in [5, 5.41) is 6.72. The second-order valence-electron chi connectivity index (χ2n) is 12.2. The summed E-state index contributed by atoms with van der Waals surface area (Å²) in [6, 6.07) is 17.4. The topological polar surface area (TPSA) is 81.8 Å². The molecule has 3 aromatic carbocycles. The van der Waals surface area contributed by atoms with Crippen LogP contribution in [0.15, 0.2) is 78.0 Å². The number of aromatic nitrogens is 3. The number of aliphatic imine (C=N–C) groups is 1. The number of hydroxylamine groups is 2. The zero-order valence-electron chi connectivity index (χ0n) is 27.7. The first-order chi connectivity index (χ1) is 23.7. The summed E-state index contributed by atoms with van der Waals surface area (Å²) in [7, 11) is 2.73. The van der Waals surface area contributed by atoms with Crippen LogP contribution in [-0.2, 0) is 18.3 Å². The third kappa shape index (κ3) is 8.24. The van der Waals surface area contributed by atoms with E-state index in [9.17, 15) is 18.0 Å². The molecule has 0 bridgehead atoms. The highest BCUT2D eigenvalue weighted by Gasteiger charge is 2.31. The highest BCUT2D eigenvalue weighted by atomic mass is 35.5. The van der Waals surface area contributed by atoms with Crippen molar-refractivity contribution in [1.29, 1.82) is 0 Å². The van der Waals surface area contributed by atoms with Crippen LogP contribution in [0.25, 0.3) is 10.9 Å². The molecule has 0 saturated carbocycles. The number of pyridine rings is 1. The largest absolute Gasteiger partial charge is 0.482 e. The lowest BCUT2D eigenvalue weighted by atomic mass is 10.0. The zero-order valence-corrected chi connectivity index (χ0v) is 30.0. The Kier molecular flexibility index (Phi) is 11.4. The second-order valence-corrected chi connectivity index (χ2v) is 13.4. The predicted molar refractivity (Wildman–Crippen MR) is 189 cm³/mol. The van der Waals surface area contributed by atoms with Gasteiger partial charge in [-0.1, -0.05) is 59.1 Å². The van der Waals surface area contributed by atoms with Crippen LogP contribution >= 0.6 is 34.8 Å². The maximum absolute atomic E-state index is 14.3. The molecule has 1 aliphatic rings. The SMILES string of the molecule is CC1(C)CN=C(c2cnc3ccccc3c2)c2cccc(F)c2O1.CON(C(=O)c1cn(C)nc1C(F)F)C(C)Cc1c(Cl)cc(Cl)cc1Cl. The van der Waals surface area contributed by atoms with Gasteiger partial charge in [0.15, 0.2) is 11.6 Å². The molecule has 1 atom stereocenters. The zero-order chi connectivity index (χ0) is 36.3. The van der Waals surface area contributed by atoms with Gasteiger partial charge in [0.05, 0.1) is 36.5 Å². The Hall–Kier alpha value is -4.16. The molecule has 50 heavy (non-hydrogen) atoms. The summed E-state index contributed by atoms with van der Waals surface area (Å²) in [6.07, 6.45) is 0.363. The Bertz CT molecular complexity index is 2050. The maximum Gasteiger partial charge on any atom is 0.282 e. The summed E-state index contributed by atoms with van der Waals surface area (Å²) in [5.41, 5.74) is 2.33. The van der Waals surface area contributed by atoms with Gasteiger partial charge in [-0.25, -0.2) is 18.2 Å². The second kappa shape index (κ2) is 15.4. The number of ether oxygens (including phenoxy) is 1. The van der Waals surface area contributed by atoms with E-state index in [1.165, 1.54) is 38.6 Å². The van der Waals surface area contributed by atoms with Crippen molar-refractivity contribution in [3.05, 3.63) is 122 Å². The Morgan fingerprint density at radius 3 is 2.46 bits per heavy atom. The molecule has 0 N–H and O–H groups in total. The number of amides is 1. The van der Waals surface area contributed by atoms with Crippen molar-refractivity contribution in [3.63, 3.8) is 0 Å². The lowest BCUT2D eigenvalue weighted by molar-refractivity contribution is -0.119. The van der Waals surface area contributed by atoms with Crippen LogP contribution in [0.5, 0.6) is 5.75 Å². The number of nitrogens with zero attached hydrogens (tertiary/aromatic N) is 5. The van der Waals surface area contributed by atoms with Crippen LogP contribution in [0.4, 0.5) is 13.2 Å². The fourth-order valence-corrected chi connectivity index (χ4v) is 6.44. The lowest BCUT2D eigenvalue weighted by Crippen LogP contribution is -2.39. The lowest BCUT2D eigenvalue weighted by Gasteiger charge is -2.27. The molecule has 1 amide bonds. The molecule has 8 nitrogen and oxygen atoms in total. The van der Waals surface area contributed by atoms with E-state index >= 15 is 0 Å². The van der Waals surface area contributed by atoms with Crippen molar-refractivity contribution in [2.24, 2.45) is 12.0 Å². The molecule has 0 fully saturated rings. The fraction of sp³-hybridized carbons (Fsp3) is 0.278. The van der Waals surface area contributed by atoms with Crippen LogP contribution < -0.4 is 4.74 Å². The average molecular weight is 747 g/mol. The molecule has 0 radical (unpaired) electrons. The predicted octanol–water partition coefficient (Wildman–Crippen LogP) is 9.33. The Morgan fingerprint density at radius 2 is 1.78 bits per heavy atom. The van der Waals surface area contributed by atoms with Crippen molar-refractivity contribution < 1.29 is 27.5 Å². The summed E-state index contributed by atoms with van der Waals surface area (Å²) < 4.78 is 47.6. The number of hydrogen-bond donors (Lipinski definition) is 0. The molecule has 5 aromatic rings. The number of carbonyl (C=O) groups excluding carboxylic acids is 1. The Balaban J connectivity index is 0.000000195. The number of aryl methyl sites for hydroxylation is 1. The highest BCUT2D eigenvalue weighted by molar-refractivity contribution is 6.39. The Labute approximate surface area is 302 Å². The quantitative estimate of drug-likeness (QED) is 0.155. The first-order valence-corrected chi connectivity index (χ1v) is 16.5. The van der Waals surface area contributed by atoms with Gasteiger partial charge < -0.3 is 4.74 Å². The average Bonchev–Trinajstić information content (AvgIpc) is 3.40. The van der Waals surface area contributed by atoms with E-state index in [-0.39, 0.29) is 23.6 Å². The highest BCUT2D eigenvalue weighted by Crippen LogP contribution is 2.33. The standard InChI is InChI=1S/C20H17FN2O.C16H16Cl3F2N3O2/c1-20(2)12-23-18(15-7-5-8-16(21)19(15)24-20)14-10-13-6-3-4-9-17(13)22-11-14;1-8(4-10-12(18)5-9(17)6-13(10)19)24(26-3)16(25)11-7-23(2)22-14(11)15(20)21/h3-11H,12H2,1-2H3;5-8,15H,4H2,1-3H3. The van der Waals surface area contributed by atoms with Gasteiger partial charge >= 0.3 is 0 Å². The minimum Gasteiger partial charge on any atom is -0.482 e. The van der Waals surface area contributed by atoms with Gasteiger partial charge in [-0.2, -0.15) is 5.10 Å². The van der Waals surface area contributed by atoms with Crippen LogP contribution in [0.2, 0.25) is 15.1 Å².